The molecule has 1 aromatic rings. The summed E-state index contributed by atoms with van der Waals surface area (Å²) in [6.07, 6.45) is 1.80. The van der Waals surface area contributed by atoms with Gasteiger partial charge in [-0.15, -0.1) is 0 Å². The Balaban J connectivity index is 2.80. The first-order valence-electron chi connectivity index (χ1n) is 5.30. The molecule has 1 unspecified atom stereocenters. The molecule has 15 heavy (non-hydrogen) atoms. The van der Waals surface area contributed by atoms with Gasteiger partial charge in [-0.05, 0) is 13.0 Å². The number of hydrogen-bond acceptors (Lipinski definition) is 4. The zero-order valence-electron chi connectivity index (χ0n) is 9.94. The highest BCUT2D eigenvalue weighted by Crippen LogP contribution is 2.13. The molecular formula is C11H20N4. The van der Waals surface area contributed by atoms with Gasteiger partial charge in [0.05, 0.1) is 0 Å². The average molecular weight is 208 g/mol. The number of anilines is 1. The minimum atomic E-state index is 0.146. The standard InChI is InChI=1S/C11H20N4/c1-8(2)11-13-6-5-10(14-11)15(4)7-9(3)12/h5-6,8-9H,7,12H2,1-4H3. The summed E-state index contributed by atoms with van der Waals surface area (Å²) in [7, 11) is 2.00. The van der Waals surface area contributed by atoms with Gasteiger partial charge in [0.2, 0.25) is 0 Å². The molecule has 4 heteroatoms. The molecular weight excluding hydrogens is 188 g/mol. The maximum Gasteiger partial charge on any atom is 0.133 e. The van der Waals surface area contributed by atoms with E-state index < -0.39 is 0 Å². The predicted octanol–water partition coefficient (Wildman–Crippen LogP) is 1.38. The van der Waals surface area contributed by atoms with E-state index >= 15 is 0 Å². The fourth-order valence-corrected chi connectivity index (χ4v) is 1.38. The number of nitrogens with two attached hydrogens (primary N) is 1. The van der Waals surface area contributed by atoms with Crippen molar-refractivity contribution < 1.29 is 0 Å². The summed E-state index contributed by atoms with van der Waals surface area (Å²) in [5.74, 6) is 2.17. The third-order valence-corrected chi connectivity index (χ3v) is 2.13. The van der Waals surface area contributed by atoms with Crippen LogP contribution < -0.4 is 10.6 Å². The quantitative estimate of drug-likeness (QED) is 0.812. The van der Waals surface area contributed by atoms with Crippen molar-refractivity contribution in [2.24, 2.45) is 5.73 Å². The van der Waals surface area contributed by atoms with Crippen molar-refractivity contribution >= 4 is 5.82 Å². The minimum Gasteiger partial charge on any atom is -0.358 e. The molecule has 0 saturated heterocycles. The van der Waals surface area contributed by atoms with E-state index in [9.17, 15) is 0 Å². The summed E-state index contributed by atoms with van der Waals surface area (Å²) >= 11 is 0. The molecule has 0 spiro atoms. The molecule has 84 valence electrons. The van der Waals surface area contributed by atoms with E-state index in [4.69, 9.17) is 5.73 Å². The molecule has 0 fully saturated rings. The lowest BCUT2D eigenvalue weighted by molar-refractivity contribution is 0.702. The van der Waals surface area contributed by atoms with Gasteiger partial charge >= 0.3 is 0 Å². The summed E-state index contributed by atoms with van der Waals surface area (Å²) < 4.78 is 0. The van der Waals surface area contributed by atoms with E-state index in [0.717, 1.165) is 18.2 Å². The lowest BCUT2D eigenvalue weighted by Crippen LogP contribution is -2.33. The third-order valence-electron chi connectivity index (χ3n) is 2.13. The SMILES string of the molecule is CC(N)CN(C)c1ccnc(C(C)C)n1. The summed E-state index contributed by atoms with van der Waals surface area (Å²) in [4.78, 5) is 10.8. The molecule has 0 radical (unpaired) electrons. The lowest BCUT2D eigenvalue weighted by atomic mass is 10.2. The summed E-state index contributed by atoms with van der Waals surface area (Å²) in [5, 5.41) is 0. The van der Waals surface area contributed by atoms with Gasteiger partial charge in [0.1, 0.15) is 11.6 Å². The molecule has 1 atom stereocenters. The van der Waals surface area contributed by atoms with Gasteiger partial charge in [0, 0.05) is 31.7 Å². The van der Waals surface area contributed by atoms with Crippen LogP contribution in [-0.2, 0) is 0 Å². The number of rotatable bonds is 4. The zero-order chi connectivity index (χ0) is 11.4. The van der Waals surface area contributed by atoms with E-state index in [1.54, 1.807) is 6.20 Å². The molecule has 0 aliphatic carbocycles. The van der Waals surface area contributed by atoms with Gasteiger partial charge < -0.3 is 10.6 Å². The third kappa shape index (κ3) is 3.47. The van der Waals surface area contributed by atoms with Crippen molar-refractivity contribution in [3.05, 3.63) is 18.1 Å². The van der Waals surface area contributed by atoms with Crippen molar-refractivity contribution in [1.82, 2.24) is 9.97 Å². The fourth-order valence-electron chi connectivity index (χ4n) is 1.38. The minimum absolute atomic E-state index is 0.146. The summed E-state index contributed by atoms with van der Waals surface area (Å²) in [5.41, 5.74) is 5.74. The van der Waals surface area contributed by atoms with Crippen LogP contribution in [0.15, 0.2) is 12.3 Å². The molecule has 0 amide bonds. The Kier molecular flexibility index (Phi) is 4.03. The van der Waals surface area contributed by atoms with Gasteiger partial charge in [-0.1, -0.05) is 13.8 Å². The van der Waals surface area contributed by atoms with Crippen molar-refractivity contribution in [3.63, 3.8) is 0 Å². The number of aromatic nitrogens is 2. The number of hydrogen-bond donors (Lipinski definition) is 1. The normalized spacial score (nSPS) is 12.9. The van der Waals surface area contributed by atoms with Gasteiger partial charge in [0.25, 0.3) is 0 Å². The monoisotopic (exact) mass is 208 g/mol. The molecule has 2 N–H and O–H groups in total. The van der Waals surface area contributed by atoms with Crippen LogP contribution in [0.3, 0.4) is 0 Å². The largest absolute Gasteiger partial charge is 0.358 e. The van der Waals surface area contributed by atoms with Crippen LogP contribution in [0.2, 0.25) is 0 Å². The van der Waals surface area contributed by atoms with E-state index in [0.29, 0.717) is 5.92 Å². The Morgan fingerprint density at radius 3 is 2.60 bits per heavy atom. The van der Waals surface area contributed by atoms with Gasteiger partial charge in [-0.25, -0.2) is 9.97 Å². The van der Waals surface area contributed by atoms with Crippen molar-refractivity contribution in [1.29, 1.82) is 0 Å². The molecule has 0 aliphatic heterocycles. The fraction of sp³-hybridized carbons (Fsp3) is 0.636. The Morgan fingerprint density at radius 2 is 2.07 bits per heavy atom. The van der Waals surface area contributed by atoms with Crippen LogP contribution >= 0.6 is 0 Å². The van der Waals surface area contributed by atoms with Gasteiger partial charge in [0.15, 0.2) is 0 Å². The van der Waals surface area contributed by atoms with E-state index in [-0.39, 0.29) is 6.04 Å². The Bertz CT molecular complexity index is 309. The molecule has 4 nitrogen and oxygen atoms in total. The van der Waals surface area contributed by atoms with Crippen molar-refractivity contribution in [2.45, 2.75) is 32.7 Å². The Hall–Kier alpha value is -1.16. The second-order valence-electron chi connectivity index (χ2n) is 4.29. The summed E-state index contributed by atoms with van der Waals surface area (Å²) in [6, 6.07) is 2.06. The number of likely N-dealkylation sites (N-methyl/N-ethyl adjacent to an activating group) is 1. The highest BCUT2D eigenvalue weighted by atomic mass is 15.2. The molecule has 0 aromatic carbocycles. The van der Waals surface area contributed by atoms with Crippen LogP contribution in [-0.4, -0.2) is 29.6 Å². The maximum atomic E-state index is 5.74. The first-order chi connectivity index (χ1) is 7.00. The topological polar surface area (TPSA) is 55.0 Å². The Labute approximate surface area is 91.5 Å². The van der Waals surface area contributed by atoms with Gasteiger partial charge in [-0.2, -0.15) is 0 Å². The van der Waals surface area contributed by atoms with Crippen molar-refractivity contribution in [3.8, 4) is 0 Å². The van der Waals surface area contributed by atoms with E-state index in [2.05, 4.69) is 28.7 Å². The second kappa shape index (κ2) is 5.07. The highest BCUT2D eigenvalue weighted by molar-refractivity contribution is 5.36. The van der Waals surface area contributed by atoms with Crippen molar-refractivity contribution in [2.75, 3.05) is 18.5 Å². The molecule has 1 rings (SSSR count). The predicted molar refractivity (Wildman–Crippen MR) is 63.0 cm³/mol. The molecule has 0 bridgehead atoms. The van der Waals surface area contributed by atoms with Gasteiger partial charge in [-0.3, -0.25) is 0 Å². The second-order valence-corrected chi connectivity index (χ2v) is 4.29. The Morgan fingerprint density at radius 1 is 1.40 bits per heavy atom. The van der Waals surface area contributed by atoms with Crippen LogP contribution in [0.25, 0.3) is 0 Å². The van der Waals surface area contributed by atoms with Crippen LogP contribution in [0.1, 0.15) is 32.5 Å². The van der Waals surface area contributed by atoms with Crippen LogP contribution in [0.4, 0.5) is 5.82 Å². The number of nitrogens with zero attached hydrogens (tertiary/aromatic N) is 3. The molecule has 0 aliphatic rings. The zero-order valence-corrected chi connectivity index (χ0v) is 9.94. The summed E-state index contributed by atoms with van der Waals surface area (Å²) in [6.45, 7) is 6.96. The van der Waals surface area contributed by atoms with E-state index in [1.807, 2.05) is 20.0 Å². The molecule has 1 heterocycles. The van der Waals surface area contributed by atoms with Crippen LogP contribution in [0.5, 0.6) is 0 Å². The first-order valence-corrected chi connectivity index (χ1v) is 5.30. The van der Waals surface area contributed by atoms with Crippen LogP contribution in [0, 0.1) is 0 Å². The maximum absolute atomic E-state index is 5.74. The highest BCUT2D eigenvalue weighted by Gasteiger charge is 2.08. The molecule has 1 aromatic heterocycles. The average Bonchev–Trinajstić information content (AvgIpc) is 2.17. The lowest BCUT2D eigenvalue weighted by Gasteiger charge is -2.20. The smallest absolute Gasteiger partial charge is 0.133 e. The molecule has 0 saturated carbocycles. The first kappa shape index (κ1) is 11.9. The van der Waals surface area contributed by atoms with E-state index in [1.165, 1.54) is 0 Å².